The van der Waals surface area contributed by atoms with Crippen molar-refractivity contribution < 1.29 is 0 Å². The number of nitriles is 1. The molecule has 1 heterocycles. The predicted molar refractivity (Wildman–Crippen MR) is 50.9 cm³/mol. The highest BCUT2D eigenvalue weighted by molar-refractivity contribution is 5.87. The zero-order valence-corrected chi connectivity index (χ0v) is 6.86. The van der Waals surface area contributed by atoms with Gasteiger partial charge in [-0.2, -0.15) is 5.26 Å². The molecule has 0 aliphatic heterocycles. The summed E-state index contributed by atoms with van der Waals surface area (Å²) in [7, 11) is 0. The second kappa shape index (κ2) is 2.76. The quantitative estimate of drug-likeness (QED) is 0.610. The molecule has 1 aromatic heterocycles. The Kier molecular flexibility index (Phi) is 1.60. The number of hydrogen-bond acceptors (Lipinski definition) is 3. The van der Waals surface area contributed by atoms with Gasteiger partial charge >= 0.3 is 0 Å². The fraction of sp³-hybridized carbons (Fsp3) is 0. The van der Waals surface area contributed by atoms with Crippen LogP contribution in [0.1, 0.15) is 5.56 Å². The Labute approximate surface area is 75.4 Å². The van der Waals surface area contributed by atoms with E-state index in [0.29, 0.717) is 11.3 Å². The van der Waals surface area contributed by atoms with Gasteiger partial charge in [0.15, 0.2) is 0 Å². The minimum Gasteiger partial charge on any atom is -0.399 e. The van der Waals surface area contributed by atoms with Crippen LogP contribution in [0.5, 0.6) is 0 Å². The number of anilines is 1. The molecular weight excluding hydrogens is 162 g/mol. The molecule has 2 aromatic rings. The van der Waals surface area contributed by atoms with E-state index in [0.717, 1.165) is 10.9 Å². The molecule has 2 rings (SSSR count). The van der Waals surface area contributed by atoms with Gasteiger partial charge in [-0.05, 0) is 24.3 Å². The smallest absolute Gasteiger partial charge is 0.0999 e. The normalized spacial score (nSPS) is 9.77. The van der Waals surface area contributed by atoms with Gasteiger partial charge in [0.25, 0.3) is 0 Å². The third-order valence-electron chi connectivity index (χ3n) is 1.86. The average molecular weight is 169 g/mol. The third-order valence-corrected chi connectivity index (χ3v) is 1.86. The Morgan fingerprint density at radius 2 is 2.23 bits per heavy atom. The minimum absolute atomic E-state index is 0.572. The molecule has 1 aromatic carbocycles. The van der Waals surface area contributed by atoms with Crippen LogP contribution >= 0.6 is 0 Å². The first-order valence-electron chi connectivity index (χ1n) is 3.85. The summed E-state index contributed by atoms with van der Waals surface area (Å²) < 4.78 is 0. The molecular formula is C10H7N3. The Morgan fingerprint density at radius 1 is 1.38 bits per heavy atom. The van der Waals surface area contributed by atoms with Crippen LogP contribution in [0.2, 0.25) is 0 Å². The van der Waals surface area contributed by atoms with E-state index >= 15 is 0 Å². The molecule has 0 bridgehead atoms. The van der Waals surface area contributed by atoms with Crippen molar-refractivity contribution in [2.24, 2.45) is 0 Å². The van der Waals surface area contributed by atoms with Crippen molar-refractivity contribution in [2.45, 2.75) is 0 Å². The standard InChI is InChI=1S/C10H7N3/c11-6-7-4-8(12)5-10-9(7)2-1-3-13-10/h1-5H,12H2. The topological polar surface area (TPSA) is 62.7 Å². The molecule has 3 nitrogen and oxygen atoms in total. The lowest BCUT2D eigenvalue weighted by atomic mass is 10.1. The van der Waals surface area contributed by atoms with Crippen LogP contribution in [0.4, 0.5) is 5.69 Å². The van der Waals surface area contributed by atoms with Crippen LogP contribution in [-0.2, 0) is 0 Å². The van der Waals surface area contributed by atoms with Gasteiger partial charge in [0.1, 0.15) is 0 Å². The Hall–Kier alpha value is -2.08. The van der Waals surface area contributed by atoms with E-state index in [4.69, 9.17) is 11.0 Å². The average Bonchev–Trinajstić information content (AvgIpc) is 2.16. The van der Waals surface area contributed by atoms with Crippen LogP contribution in [-0.4, -0.2) is 4.98 Å². The first-order valence-corrected chi connectivity index (χ1v) is 3.85. The highest BCUT2D eigenvalue weighted by atomic mass is 14.7. The zero-order valence-electron chi connectivity index (χ0n) is 6.86. The number of nitrogens with two attached hydrogens (primary N) is 1. The molecule has 0 radical (unpaired) electrons. The van der Waals surface area contributed by atoms with Gasteiger partial charge in [0, 0.05) is 17.3 Å². The van der Waals surface area contributed by atoms with Crippen molar-refractivity contribution in [3.05, 3.63) is 36.0 Å². The number of rotatable bonds is 0. The summed E-state index contributed by atoms with van der Waals surface area (Å²) in [6.45, 7) is 0. The molecule has 0 saturated heterocycles. The molecule has 0 fully saturated rings. The summed E-state index contributed by atoms with van der Waals surface area (Å²) in [6.07, 6.45) is 1.68. The van der Waals surface area contributed by atoms with Gasteiger partial charge < -0.3 is 5.73 Å². The van der Waals surface area contributed by atoms with E-state index in [9.17, 15) is 0 Å². The molecule has 2 N–H and O–H groups in total. The fourth-order valence-corrected chi connectivity index (χ4v) is 1.30. The van der Waals surface area contributed by atoms with E-state index < -0.39 is 0 Å². The predicted octanol–water partition coefficient (Wildman–Crippen LogP) is 1.69. The first kappa shape index (κ1) is 7.56. The van der Waals surface area contributed by atoms with E-state index in [1.54, 1.807) is 24.4 Å². The Bertz CT molecular complexity index is 497. The molecule has 0 aliphatic carbocycles. The summed E-state index contributed by atoms with van der Waals surface area (Å²) >= 11 is 0. The number of nitrogens with zero attached hydrogens (tertiary/aromatic N) is 2. The summed E-state index contributed by atoms with van der Waals surface area (Å²) in [5, 5.41) is 9.67. The fourth-order valence-electron chi connectivity index (χ4n) is 1.30. The number of fused-ring (bicyclic) bond motifs is 1. The van der Waals surface area contributed by atoms with Gasteiger partial charge in [0.2, 0.25) is 0 Å². The zero-order chi connectivity index (χ0) is 9.26. The third kappa shape index (κ3) is 1.18. The Balaban J connectivity index is 2.91. The summed E-state index contributed by atoms with van der Waals surface area (Å²) in [6, 6.07) is 9.17. The van der Waals surface area contributed by atoms with E-state index in [1.807, 2.05) is 6.07 Å². The van der Waals surface area contributed by atoms with Crippen LogP contribution in [0.15, 0.2) is 30.5 Å². The maximum absolute atomic E-state index is 8.83. The molecule has 0 atom stereocenters. The molecule has 13 heavy (non-hydrogen) atoms. The van der Waals surface area contributed by atoms with Crippen LogP contribution in [0.25, 0.3) is 10.9 Å². The van der Waals surface area contributed by atoms with Crippen molar-refractivity contribution >= 4 is 16.6 Å². The molecule has 62 valence electrons. The lowest BCUT2D eigenvalue weighted by Crippen LogP contribution is -1.89. The van der Waals surface area contributed by atoms with Crippen molar-refractivity contribution in [3.8, 4) is 6.07 Å². The van der Waals surface area contributed by atoms with E-state index in [1.165, 1.54) is 0 Å². The monoisotopic (exact) mass is 169 g/mol. The van der Waals surface area contributed by atoms with Gasteiger partial charge in [-0.15, -0.1) is 0 Å². The molecule has 3 heteroatoms. The summed E-state index contributed by atoms with van der Waals surface area (Å²) in [4.78, 5) is 4.12. The summed E-state index contributed by atoms with van der Waals surface area (Å²) in [5.74, 6) is 0. The highest BCUT2D eigenvalue weighted by Crippen LogP contribution is 2.19. The molecule has 0 unspecified atom stereocenters. The van der Waals surface area contributed by atoms with E-state index in [2.05, 4.69) is 11.1 Å². The second-order valence-corrected chi connectivity index (χ2v) is 2.75. The van der Waals surface area contributed by atoms with Crippen molar-refractivity contribution in [1.82, 2.24) is 4.98 Å². The SMILES string of the molecule is N#Cc1cc(N)cc2ncccc12. The van der Waals surface area contributed by atoms with Crippen LogP contribution in [0, 0.1) is 11.3 Å². The lowest BCUT2D eigenvalue weighted by molar-refractivity contribution is 1.40. The molecule has 0 spiro atoms. The molecule has 0 amide bonds. The van der Waals surface area contributed by atoms with Gasteiger partial charge in [-0.25, -0.2) is 0 Å². The number of aromatic nitrogens is 1. The number of benzene rings is 1. The number of nitrogen functional groups attached to an aromatic ring is 1. The lowest BCUT2D eigenvalue weighted by Gasteiger charge is -1.99. The largest absolute Gasteiger partial charge is 0.399 e. The van der Waals surface area contributed by atoms with Gasteiger partial charge in [0.05, 0.1) is 17.1 Å². The van der Waals surface area contributed by atoms with E-state index in [-0.39, 0.29) is 0 Å². The second-order valence-electron chi connectivity index (χ2n) is 2.75. The number of hydrogen-bond donors (Lipinski definition) is 1. The van der Waals surface area contributed by atoms with Crippen LogP contribution in [0.3, 0.4) is 0 Å². The van der Waals surface area contributed by atoms with Crippen LogP contribution < -0.4 is 5.73 Å². The molecule has 0 aliphatic rings. The first-order chi connectivity index (χ1) is 6.31. The van der Waals surface area contributed by atoms with Gasteiger partial charge in [-0.3, -0.25) is 4.98 Å². The van der Waals surface area contributed by atoms with Crippen molar-refractivity contribution in [2.75, 3.05) is 5.73 Å². The van der Waals surface area contributed by atoms with Crippen molar-refractivity contribution in [1.29, 1.82) is 5.26 Å². The maximum atomic E-state index is 8.83. The Morgan fingerprint density at radius 3 is 3.00 bits per heavy atom. The van der Waals surface area contributed by atoms with Gasteiger partial charge in [-0.1, -0.05) is 0 Å². The minimum atomic E-state index is 0.572. The highest BCUT2D eigenvalue weighted by Gasteiger charge is 2.01. The maximum Gasteiger partial charge on any atom is 0.0999 e. The number of pyridine rings is 1. The van der Waals surface area contributed by atoms with Crippen molar-refractivity contribution in [3.63, 3.8) is 0 Å². The molecule has 0 saturated carbocycles. The summed E-state index contributed by atoms with van der Waals surface area (Å²) in [5.41, 5.74) is 7.52.